The van der Waals surface area contributed by atoms with Crippen LogP contribution in [0.1, 0.15) is 29.1 Å². The number of carbonyl (C=O) groups is 2. The molecule has 6 heteroatoms. The Hall–Kier alpha value is -2.11. The second kappa shape index (κ2) is 6.72. The minimum absolute atomic E-state index is 0.141. The van der Waals surface area contributed by atoms with Crippen LogP contribution in [0.2, 0.25) is 0 Å². The van der Waals surface area contributed by atoms with E-state index in [1.807, 2.05) is 0 Å². The summed E-state index contributed by atoms with van der Waals surface area (Å²) >= 11 is 0. The maximum atomic E-state index is 12.2. The van der Waals surface area contributed by atoms with Crippen molar-refractivity contribution in [3.05, 3.63) is 30.0 Å². The van der Waals surface area contributed by atoms with E-state index in [1.54, 1.807) is 20.8 Å². The van der Waals surface area contributed by atoms with E-state index in [0.717, 1.165) is 0 Å². The number of aryl methyl sites for hydroxylation is 2. The Labute approximate surface area is 112 Å². The van der Waals surface area contributed by atoms with Gasteiger partial charge < -0.3 is 14.1 Å². The molecule has 0 radical (unpaired) electrons. The number of rotatable bonds is 6. The van der Waals surface area contributed by atoms with Gasteiger partial charge in [0, 0.05) is 13.5 Å². The van der Waals surface area contributed by atoms with Crippen LogP contribution in [0.3, 0.4) is 0 Å². The first-order chi connectivity index (χ1) is 8.99. The summed E-state index contributed by atoms with van der Waals surface area (Å²) in [6.07, 6.45) is 1.54. The van der Waals surface area contributed by atoms with Gasteiger partial charge in [0.2, 0.25) is 5.76 Å². The third kappa shape index (κ3) is 3.94. The average molecular weight is 266 g/mol. The van der Waals surface area contributed by atoms with Crippen LogP contribution in [-0.2, 0) is 9.53 Å². The first kappa shape index (κ1) is 14.9. The molecule has 0 aliphatic carbocycles. The van der Waals surface area contributed by atoms with Gasteiger partial charge in [0.1, 0.15) is 6.54 Å². The van der Waals surface area contributed by atoms with E-state index in [-0.39, 0.29) is 25.5 Å². The van der Waals surface area contributed by atoms with Crippen molar-refractivity contribution in [1.29, 1.82) is 0 Å². The molecule has 0 saturated heterocycles. The number of oxazole rings is 1. The van der Waals surface area contributed by atoms with E-state index in [9.17, 15) is 9.59 Å². The highest BCUT2D eigenvalue weighted by atomic mass is 16.5. The largest absolute Gasteiger partial charge is 0.465 e. The zero-order valence-corrected chi connectivity index (χ0v) is 11.4. The van der Waals surface area contributed by atoms with E-state index < -0.39 is 11.9 Å². The fourth-order valence-electron chi connectivity index (χ4n) is 1.61. The van der Waals surface area contributed by atoms with Gasteiger partial charge in [0.15, 0.2) is 5.89 Å². The summed E-state index contributed by atoms with van der Waals surface area (Å²) in [5.41, 5.74) is 0.500. The Morgan fingerprint density at radius 2 is 2.16 bits per heavy atom. The summed E-state index contributed by atoms with van der Waals surface area (Å²) < 4.78 is 10.1. The highest BCUT2D eigenvalue weighted by Crippen LogP contribution is 2.12. The molecule has 0 fully saturated rings. The molecule has 1 aromatic heterocycles. The zero-order valence-electron chi connectivity index (χ0n) is 11.4. The zero-order chi connectivity index (χ0) is 14.4. The molecular formula is C13H18N2O4. The molecule has 1 aromatic rings. The van der Waals surface area contributed by atoms with Gasteiger partial charge in [0.05, 0.1) is 12.3 Å². The molecule has 0 bridgehead atoms. The lowest BCUT2D eigenvalue weighted by molar-refractivity contribution is -0.143. The predicted octanol–water partition coefficient (Wildman–Crippen LogP) is 1.48. The van der Waals surface area contributed by atoms with Crippen molar-refractivity contribution in [2.75, 3.05) is 19.7 Å². The Morgan fingerprint density at radius 3 is 2.63 bits per heavy atom. The second-order valence-electron chi connectivity index (χ2n) is 3.93. The summed E-state index contributed by atoms with van der Waals surface area (Å²) in [6, 6.07) is 0. The molecule has 1 amide bonds. The predicted molar refractivity (Wildman–Crippen MR) is 68.7 cm³/mol. The van der Waals surface area contributed by atoms with Crippen LogP contribution in [0.15, 0.2) is 17.1 Å². The highest BCUT2D eigenvalue weighted by Gasteiger charge is 2.24. The van der Waals surface area contributed by atoms with Crippen LogP contribution in [0.4, 0.5) is 0 Å². The third-order valence-electron chi connectivity index (χ3n) is 2.36. The van der Waals surface area contributed by atoms with Crippen molar-refractivity contribution in [2.45, 2.75) is 20.8 Å². The molecule has 6 nitrogen and oxygen atoms in total. The SMILES string of the molecule is C=CCN(CC(=O)OCC)C(=O)c1oc(C)nc1C. The molecule has 19 heavy (non-hydrogen) atoms. The molecule has 0 unspecified atom stereocenters. The van der Waals surface area contributed by atoms with Crippen molar-refractivity contribution < 1.29 is 18.7 Å². The van der Waals surface area contributed by atoms with Gasteiger partial charge in [-0.25, -0.2) is 4.98 Å². The number of amides is 1. The lowest BCUT2D eigenvalue weighted by Gasteiger charge is -2.18. The highest BCUT2D eigenvalue weighted by molar-refractivity contribution is 5.94. The molecular weight excluding hydrogens is 248 g/mol. The average Bonchev–Trinajstić information content (AvgIpc) is 2.67. The normalized spacial score (nSPS) is 10.1. The van der Waals surface area contributed by atoms with Gasteiger partial charge in [0.25, 0.3) is 5.91 Å². The maximum absolute atomic E-state index is 12.2. The topological polar surface area (TPSA) is 72.6 Å². The standard InChI is InChI=1S/C13H18N2O4/c1-5-7-15(8-11(16)18-6-2)13(17)12-9(3)14-10(4)19-12/h5H,1,6-8H2,2-4H3. The van der Waals surface area contributed by atoms with Crippen molar-refractivity contribution in [2.24, 2.45) is 0 Å². The van der Waals surface area contributed by atoms with Gasteiger partial charge in [-0.05, 0) is 13.8 Å². The van der Waals surface area contributed by atoms with Crippen LogP contribution in [0.25, 0.3) is 0 Å². The van der Waals surface area contributed by atoms with Gasteiger partial charge >= 0.3 is 5.97 Å². The summed E-state index contributed by atoms with van der Waals surface area (Å²) in [5.74, 6) is -0.308. The number of esters is 1. The van der Waals surface area contributed by atoms with E-state index >= 15 is 0 Å². The van der Waals surface area contributed by atoms with Crippen LogP contribution < -0.4 is 0 Å². The fourth-order valence-corrected chi connectivity index (χ4v) is 1.61. The Morgan fingerprint density at radius 1 is 1.47 bits per heavy atom. The number of hydrogen-bond donors (Lipinski definition) is 0. The van der Waals surface area contributed by atoms with Crippen molar-refractivity contribution in [3.63, 3.8) is 0 Å². The first-order valence-corrected chi connectivity index (χ1v) is 5.99. The summed E-state index contributed by atoms with van der Waals surface area (Å²) in [5, 5.41) is 0. The Balaban J connectivity index is 2.86. The molecule has 0 aromatic carbocycles. The summed E-state index contributed by atoms with van der Waals surface area (Å²) in [6.45, 7) is 8.98. The van der Waals surface area contributed by atoms with Crippen molar-refractivity contribution >= 4 is 11.9 Å². The summed E-state index contributed by atoms with van der Waals surface area (Å²) in [7, 11) is 0. The fraction of sp³-hybridized carbons (Fsp3) is 0.462. The maximum Gasteiger partial charge on any atom is 0.325 e. The smallest absolute Gasteiger partial charge is 0.325 e. The molecule has 1 rings (SSSR count). The minimum Gasteiger partial charge on any atom is -0.465 e. The molecule has 0 spiro atoms. The molecule has 0 N–H and O–H groups in total. The van der Waals surface area contributed by atoms with Crippen molar-refractivity contribution in [3.8, 4) is 0 Å². The Kier molecular flexibility index (Phi) is 5.29. The quantitative estimate of drug-likeness (QED) is 0.576. The van der Waals surface area contributed by atoms with Crippen LogP contribution in [-0.4, -0.2) is 41.5 Å². The molecule has 104 valence electrons. The molecule has 0 atom stereocenters. The number of nitrogens with zero attached hydrogens (tertiary/aromatic N) is 2. The van der Waals surface area contributed by atoms with Crippen molar-refractivity contribution in [1.82, 2.24) is 9.88 Å². The van der Waals surface area contributed by atoms with Gasteiger partial charge in [-0.15, -0.1) is 6.58 Å². The number of hydrogen-bond acceptors (Lipinski definition) is 5. The van der Waals surface area contributed by atoms with Gasteiger partial charge in [-0.3, -0.25) is 9.59 Å². The van der Waals surface area contributed by atoms with Gasteiger partial charge in [-0.1, -0.05) is 6.08 Å². The molecule has 0 aliphatic heterocycles. The van der Waals surface area contributed by atoms with E-state index in [1.165, 1.54) is 11.0 Å². The molecule has 0 saturated carbocycles. The van der Waals surface area contributed by atoms with E-state index in [4.69, 9.17) is 9.15 Å². The monoisotopic (exact) mass is 266 g/mol. The van der Waals surface area contributed by atoms with E-state index in [0.29, 0.717) is 11.6 Å². The number of ether oxygens (including phenoxy) is 1. The lowest BCUT2D eigenvalue weighted by atomic mass is 10.3. The molecule has 1 heterocycles. The van der Waals surface area contributed by atoms with E-state index in [2.05, 4.69) is 11.6 Å². The van der Waals surface area contributed by atoms with Crippen LogP contribution in [0, 0.1) is 13.8 Å². The van der Waals surface area contributed by atoms with Gasteiger partial charge in [-0.2, -0.15) is 0 Å². The molecule has 0 aliphatic rings. The minimum atomic E-state index is -0.466. The lowest BCUT2D eigenvalue weighted by Crippen LogP contribution is -2.36. The summed E-state index contributed by atoms with van der Waals surface area (Å²) in [4.78, 5) is 29.0. The second-order valence-corrected chi connectivity index (χ2v) is 3.93. The first-order valence-electron chi connectivity index (χ1n) is 5.99. The number of aromatic nitrogens is 1. The van der Waals surface area contributed by atoms with Crippen LogP contribution >= 0.6 is 0 Å². The Bertz CT molecular complexity index is 479. The number of carbonyl (C=O) groups excluding carboxylic acids is 2. The van der Waals surface area contributed by atoms with Crippen LogP contribution in [0.5, 0.6) is 0 Å². The third-order valence-corrected chi connectivity index (χ3v) is 2.36.